The predicted octanol–water partition coefficient (Wildman–Crippen LogP) is 3.46. The number of amides is 2. The number of methoxy groups -OCH3 is 1. The number of ether oxygens (including phenoxy) is 1. The van der Waals surface area contributed by atoms with Crippen LogP contribution in [0.3, 0.4) is 0 Å². The maximum atomic E-state index is 13.8. The van der Waals surface area contributed by atoms with E-state index in [1.54, 1.807) is 47.2 Å². The minimum Gasteiger partial charge on any atom is -0.497 e. The van der Waals surface area contributed by atoms with Crippen molar-refractivity contribution < 1.29 is 23.8 Å². The number of likely N-dealkylation sites (tertiary alicyclic amines) is 1. The molecular weight excluding hydrogens is 423 g/mol. The van der Waals surface area contributed by atoms with E-state index in [9.17, 15) is 19.1 Å². The van der Waals surface area contributed by atoms with Gasteiger partial charge in [0.1, 0.15) is 11.6 Å². The number of hydrogen-bond acceptors (Lipinski definition) is 4. The second kappa shape index (κ2) is 8.33. The largest absolute Gasteiger partial charge is 0.497 e. The third kappa shape index (κ3) is 3.45. The van der Waals surface area contributed by atoms with Gasteiger partial charge in [-0.25, -0.2) is 4.39 Å². The van der Waals surface area contributed by atoms with E-state index in [-0.39, 0.29) is 42.5 Å². The van der Waals surface area contributed by atoms with Gasteiger partial charge in [0, 0.05) is 29.3 Å². The monoisotopic (exact) mass is 446 g/mol. The summed E-state index contributed by atoms with van der Waals surface area (Å²) in [5.41, 5.74) is 2.37. The van der Waals surface area contributed by atoms with Crippen molar-refractivity contribution in [2.24, 2.45) is 0 Å². The topological polar surface area (TPSA) is 70.1 Å². The summed E-state index contributed by atoms with van der Waals surface area (Å²) >= 11 is 0. The summed E-state index contributed by atoms with van der Waals surface area (Å²) in [6, 6.07) is 19.3. The Morgan fingerprint density at radius 1 is 1.00 bits per heavy atom. The van der Waals surface area contributed by atoms with Crippen molar-refractivity contribution in [2.45, 2.75) is 18.0 Å². The molecule has 0 aromatic heterocycles. The first-order valence-electron chi connectivity index (χ1n) is 10.8. The molecule has 2 aliphatic heterocycles. The quantitative estimate of drug-likeness (QED) is 0.667. The molecule has 0 saturated carbocycles. The summed E-state index contributed by atoms with van der Waals surface area (Å²) in [6.07, 6.45) is 0. The normalized spacial score (nSPS) is 21.0. The number of aliphatic hydroxyl groups excluding tert-OH is 1. The maximum absolute atomic E-state index is 13.8. The second-order valence-corrected chi connectivity index (χ2v) is 8.27. The number of para-hydroxylation sites is 1. The molecule has 3 aromatic carbocycles. The number of fused-ring (bicyclic) bond motifs is 3. The molecule has 0 radical (unpaired) electrons. The van der Waals surface area contributed by atoms with E-state index in [1.807, 2.05) is 24.3 Å². The Kier molecular flexibility index (Phi) is 5.34. The Morgan fingerprint density at radius 2 is 1.73 bits per heavy atom. The lowest BCUT2D eigenvalue weighted by Gasteiger charge is -2.58. The molecule has 33 heavy (non-hydrogen) atoms. The lowest BCUT2D eigenvalue weighted by atomic mass is 9.71. The molecule has 3 aromatic rings. The molecular formula is C26H23FN2O4. The van der Waals surface area contributed by atoms with E-state index >= 15 is 0 Å². The summed E-state index contributed by atoms with van der Waals surface area (Å²) in [5.74, 6) is -0.593. The van der Waals surface area contributed by atoms with E-state index in [1.165, 1.54) is 18.2 Å². The van der Waals surface area contributed by atoms with Gasteiger partial charge in [-0.1, -0.05) is 30.3 Å². The van der Waals surface area contributed by atoms with E-state index < -0.39 is 11.9 Å². The highest BCUT2D eigenvalue weighted by Gasteiger charge is 2.55. The number of nitrogens with zero attached hydrogens (tertiary/aromatic N) is 2. The van der Waals surface area contributed by atoms with Crippen molar-refractivity contribution in [3.63, 3.8) is 0 Å². The number of carbonyl (C=O) groups is 2. The van der Waals surface area contributed by atoms with Crippen LogP contribution in [0.2, 0.25) is 0 Å². The molecule has 7 heteroatoms. The fraction of sp³-hybridized carbons (Fsp3) is 0.231. The van der Waals surface area contributed by atoms with Crippen LogP contribution in [0.15, 0.2) is 72.8 Å². The Balaban J connectivity index is 1.53. The van der Waals surface area contributed by atoms with Crippen LogP contribution in [0.1, 0.15) is 32.2 Å². The first-order valence-corrected chi connectivity index (χ1v) is 10.8. The first-order chi connectivity index (χ1) is 16.0. The Bertz CT molecular complexity index is 1230. The summed E-state index contributed by atoms with van der Waals surface area (Å²) in [7, 11) is 1.55. The van der Waals surface area contributed by atoms with Crippen LogP contribution in [0.4, 0.5) is 10.1 Å². The van der Waals surface area contributed by atoms with Gasteiger partial charge >= 0.3 is 0 Å². The third-order valence-electron chi connectivity index (χ3n) is 6.55. The fourth-order valence-corrected chi connectivity index (χ4v) is 5.04. The molecule has 1 fully saturated rings. The third-order valence-corrected chi connectivity index (χ3v) is 6.55. The highest BCUT2D eigenvalue weighted by atomic mass is 19.1. The molecule has 1 saturated heterocycles. The fourth-order valence-electron chi connectivity index (χ4n) is 5.04. The summed E-state index contributed by atoms with van der Waals surface area (Å²) in [4.78, 5) is 30.0. The lowest BCUT2D eigenvalue weighted by Crippen LogP contribution is -2.70. The van der Waals surface area contributed by atoms with E-state index in [4.69, 9.17) is 4.74 Å². The van der Waals surface area contributed by atoms with Crippen LogP contribution >= 0.6 is 0 Å². The van der Waals surface area contributed by atoms with Gasteiger partial charge in [-0.2, -0.15) is 0 Å². The number of rotatable bonds is 4. The minimum atomic E-state index is -0.498. The molecule has 168 valence electrons. The molecule has 3 atom stereocenters. The highest BCUT2D eigenvalue weighted by Crippen LogP contribution is 2.49. The van der Waals surface area contributed by atoms with Gasteiger partial charge in [-0.05, 0) is 48.0 Å². The molecule has 5 rings (SSSR count). The van der Waals surface area contributed by atoms with Crippen LogP contribution in [-0.2, 0) is 0 Å². The number of anilines is 1. The van der Waals surface area contributed by atoms with E-state index in [2.05, 4.69) is 0 Å². The Labute approximate surface area is 190 Å². The van der Waals surface area contributed by atoms with Crippen LogP contribution in [0.5, 0.6) is 5.75 Å². The maximum Gasteiger partial charge on any atom is 0.258 e. The van der Waals surface area contributed by atoms with Crippen LogP contribution in [0.25, 0.3) is 0 Å². The molecule has 2 heterocycles. The van der Waals surface area contributed by atoms with Crippen molar-refractivity contribution in [2.75, 3.05) is 25.2 Å². The Hall–Kier alpha value is -3.71. The van der Waals surface area contributed by atoms with Crippen LogP contribution in [-0.4, -0.2) is 54.2 Å². The van der Waals surface area contributed by atoms with Crippen LogP contribution in [0, 0.1) is 5.82 Å². The van der Waals surface area contributed by atoms with Crippen molar-refractivity contribution in [1.82, 2.24) is 4.90 Å². The van der Waals surface area contributed by atoms with Gasteiger partial charge in [-0.3, -0.25) is 9.59 Å². The second-order valence-electron chi connectivity index (χ2n) is 8.27. The summed E-state index contributed by atoms with van der Waals surface area (Å²) in [6.45, 7) is 0.0513. The van der Waals surface area contributed by atoms with Gasteiger partial charge < -0.3 is 19.6 Å². The average molecular weight is 446 g/mol. The van der Waals surface area contributed by atoms with Gasteiger partial charge in [0.15, 0.2) is 0 Å². The lowest BCUT2D eigenvalue weighted by molar-refractivity contribution is -0.0246. The molecule has 2 aliphatic rings. The number of carbonyl (C=O) groups excluding carboxylic acids is 2. The van der Waals surface area contributed by atoms with Crippen molar-refractivity contribution in [3.05, 3.63) is 95.3 Å². The standard InChI is InChI=1S/C26H23FN2O4/c1-33-19-9-5-7-17(13-19)25(31)28-14-22-24(20-10-2-3-11-21(20)28)23(15-30)29(22)26(32)16-6-4-8-18(27)12-16/h2-13,22-24,30H,14-15H2,1H3/t22-,23-,24+/m0/s1. The van der Waals surface area contributed by atoms with Crippen molar-refractivity contribution in [1.29, 1.82) is 0 Å². The summed E-state index contributed by atoms with van der Waals surface area (Å²) in [5, 5.41) is 10.1. The van der Waals surface area contributed by atoms with Gasteiger partial charge in [0.2, 0.25) is 0 Å². The van der Waals surface area contributed by atoms with Gasteiger partial charge in [-0.15, -0.1) is 0 Å². The number of halogens is 1. The first kappa shape index (κ1) is 21.2. The zero-order valence-electron chi connectivity index (χ0n) is 18.0. The molecule has 0 aliphatic carbocycles. The molecule has 2 amide bonds. The molecule has 1 N–H and O–H groups in total. The zero-order chi connectivity index (χ0) is 23.1. The Morgan fingerprint density at radius 3 is 2.45 bits per heavy atom. The smallest absolute Gasteiger partial charge is 0.258 e. The predicted molar refractivity (Wildman–Crippen MR) is 121 cm³/mol. The molecule has 0 unspecified atom stereocenters. The van der Waals surface area contributed by atoms with Gasteiger partial charge in [0.25, 0.3) is 11.8 Å². The number of hydrogen-bond donors (Lipinski definition) is 1. The molecule has 0 spiro atoms. The molecule has 0 bridgehead atoms. The number of benzene rings is 3. The number of aliphatic hydroxyl groups is 1. The molecule has 6 nitrogen and oxygen atoms in total. The highest BCUT2D eigenvalue weighted by molar-refractivity contribution is 6.07. The van der Waals surface area contributed by atoms with Crippen molar-refractivity contribution in [3.8, 4) is 5.75 Å². The van der Waals surface area contributed by atoms with E-state index in [0.717, 1.165) is 11.3 Å². The minimum absolute atomic E-state index is 0.113. The van der Waals surface area contributed by atoms with Gasteiger partial charge in [0.05, 0.1) is 25.8 Å². The van der Waals surface area contributed by atoms with Crippen LogP contribution < -0.4 is 9.64 Å². The summed E-state index contributed by atoms with van der Waals surface area (Å²) < 4.78 is 19.0. The zero-order valence-corrected chi connectivity index (χ0v) is 18.0. The van der Waals surface area contributed by atoms with E-state index in [0.29, 0.717) is 11.3 Å². The van der Waals surface area contributed by atoms with Crippen molar-refractivity contribution >= 4 is 17.5 Å². The SMILES string of the molecule is COc1cccc(C(=O)N2C[C@H]3[C@@H](c4ccccc42)[C@H](CO)N3C(=O)c2cccc(F)c2)c1. The average Bonchev–Trinajstić information content (AvgIpc) is 2.84.